The Balaban J connectivity index is 2.45. The van der Waals surface area contributed by atoms with Gasteiger partial charge < -0.3 is 4.74 Å². The van der Waals surface area contributed by atoms with Gasteiger partial charge in [0.05, 0.1) is 11.5 Å². The van der Waals surface area contributed by atoms with E-state index in [1.165, 1.54) is 19.3 Å². The van der Waals surface area contributed by atoms with Gasteiger partial charge in [-0.15, -0.1) is 0 Å². The summed E-state index contributed by atoms with van der Waals surface area (Å²) in [5.41, 5.74) is -0.332. The zero-order valence-corrected chi connectivity index (χ0v) is 14.0. The molecule has 0 heterocycles. The second-order valence-corrected chi connectivity index (χ2v) is 7.83. The Morgan fingerprint density at radius 3 is 2.26 bits per heavy atom. The molecule has 0 spiro atoms. The average Bonchev–Trinajstić information content (AvgIpc) is 2.30. The van der Waals surface area contributed by atoms with Crippen LogP contribution >= 0.6 is 23.2 Å². The number of Topliss-reactive ketones (excluding diaryl/α,β-unsaturated/α-hetero) is 1. The molecule has 1 aliphatic carbocycles. The Labute approximate surface area is 127 Å². The lowest BCUT2D eigenvalue weighted by Gasteiger charge is -2.47. The highest BCUT2D eigenvalue weighted by atomic mass is 35.5. The molecule has 0 radical (unpaired) electrons. The van der Waals surface area contributed by atoms with E-state index in [0.717, 1.165) is 19.3 Å². The van der Waals surface area contributed by atoms with E-state index in [0.29, 0.717) is 0 Å². The van der Waals surface area contributed by atoms with Gasteiger partial charge in [-0.1, -0.05) is 62.2 Å². The predicted molar refractivity (Wildman–Crippen MR) is 80.9 cm³/mol. The van der Waals surface area contributed by atoms with Crippen molar-refractivity contribution in [2.45, 2.75) is 82.3 Å². The minimum Gasteiger partial charge on any atom is -0.368 e. The Bertz CT molecular complexity index is 308. The molecule has 0 N–H and O–H groups in total. The minimum absolute atomic E-state index is 0.0689. The van der Waals surface area contributed by atoms with Crippen molar-refractivity contribution in [1.82, 2.24) is 0 Å². The number of unbranched alkanes of at least 4 members (excludes halogenated alkanes) is 4. The molecule has 1 fully saturated rings. The topological polar surface area (TPSA) is 26.3 Å². The van der Waals surface area contributed by atoms with Crippen molar-refractivity contribution in [2.75, 3.05) is 0 Å². The third-order valence-corrected chi connectivity index (χ3v) is 4.29. The molecule has 0 aromatic heterocycles. The Hall–Kier alpha value is 0.210. The first kappa shape index (κ1) is 17.3. The summed E-state index contributed by atoms with van der Waals surface area (Å²) in [7, 11) is 0. The summed E-state index contributed by atoms with van der Waals surface area (Å²) in [6, 6.07) is 0. The predicted octanol–water partition coefficient (Wildman–Crippen LogP) is 4.90. The lowest BCUT2D eigenvalue weighted by atomic mass is 9.75. The number of alkyl halides is 2. The summed E-state index contributed by atoms with van der Waals surface area (Å²) in [5, 5.41) is 0. The van der Waals surface area contributed by atoms with Gasteiger partial charge >= 0.3 is 0 Å². The lowest BCUT2D eigenvalue weighted by Crippen LogP contribution is -2.63. The van der Waals surface area contributed by atoms with E-state index < -0.39 is 4.33 Å². The van der Waals surface area contributed by atoms with Crippen molar-refractivity contribution in [3.8, 4) is 0 Å². The summed E-state index contributed by atoms with van der Waals surface area (Å²) < 4.78 is 4.52. The number of ketones is 1. The standard InChI is InChI=1S/C15H26Cl2O2/c1-5-6-7-8-9-10-11-12(18)15(16,17)13(11)19-14(2,3)4/h11,13H,5-10H2,1-4H3/t11-,13-/m0/s1. The van der Waals surface area contributed by atoms with E-state index in [1.54, 1.807) is 0 Å². The van der Waals surface area contributed by atoms with Crippen LogP contribution in [-0.4, -0.2) is 21.8 Å². The Morgan fingerprint density at radius 1 is 1.16 bits per heavy atom. The molecule has 2 atom stereocenters. The monoisotopic (exact) mass is 308 g/mol. The first-order chi connectivity index (χ1) is 8.70. The minimum atomic E-state index is -1.35. The second kappa shape index (κ2) is 6.78. The van der Waals surface area contributed by atoms with E-state index >= 15 is 0 Å². The van der Waals surface area contributed by atoms with Crippen LogP contribution in [0.2, 0.25) is 0 Å². The van der Waals surface area contributed by atoms with Gasteiger partial charge in [0.1, 0.15) is 6.10 Å². The van der Waals surface area contributed by atoms with Crippen molar-refractivity contribution in [1.29, 1.82) is 0 Å². The van der Waals surface area contributed by atoms with E-state index in [2.05, 4.69) is 6.92 Å². The highest BCUT2D eigenvalue weighted by molar-refractivity contribution is 6.61. The van der Waals surface area contributed by atoms with Crippen molar-refractivity contribution in [2.24, 2.45) is 5.92 Å². The summed E-state index contributed by atoms with van der Waals surface area (Å²) >= 11 is 12.2. The highest BCUT2D eigenvalue weighted by Crippen LogP contribution is 2.48. The first-order valence-electron chi connectivity index (χ1n) is 7.30. The van der Waals surface area contributed by atoms with Crippen LogP contribution in [0.5, 0.6) is 0 Å². The molecule has 1 saturated carbocycles. The molecule has 1 aliphatic rings. The molecule has 112 valence electrons. The van der Waals surface area contributed by atoms with Gasteiger partial charge in [0.2, 0.25) is 4.33 Å². The van der Waals surface area contributed by atoms with E-state index in [4.69, 9.17) is 27.9 Å². The molecule has 0 aromatic carbocycles. The first-order valence-corrected chi connectivity index (χ1v) is 8.05. The number of carbonyl (C=O) groups is 1. The largest absolute Gasteiger partial charge is 0.368 e. The molecule has 0 amide bonds. The lowest BCUT2D eigenvalue weighted by molar-refractivity contribution is -0.163. The number of carbonyl (C=O) groups excluding carboxylic acids is 1. The highest BCUT2D eigenvalue weighted by Gasteiger charge is 2.61. The van der Waals surface area contributed by atoms with Gasteiger partial charge in [-0.05, 0) is 27.2 Å². The molecular weight excluding hydrogens is 283 g/mol. The van der Waals surface area contributed by atoms with Crippen LogP contribution in [-0.2, 0) is 9.53 Å². The zero-order valence-electron chi connectivity index (χ0n) is 12.5. The molecule has 0 aliphatic heterocycles. The summed E-state index contributed by atoms with van der Waals surface area (Å²) in [4.78, 5) is 12.0. The molecule has 0 aromatic rings. The molecule has 0 bridgehead atoms. The quantitative estimate of drug-likeness (QED) is 0.494. The summed E-state index contributed by atoms with van der Waals surface area (Å²) in [6.45, 7) is 8.06. The third kappa shape index (κ3) is 4.61. The molecular formula is C15H26Cl2O2. The van der Waals surface area contributed by atoms with E-state index in [-0.39, 0.29) is 23.4 Å². The van der Waals surface area contributed by atoms with Crippen LogP contribution in [0.3, 0.4) is 0 Å². The van der Waals surface area contributed by atoms with Crippen LogP contribution in [0, 0.1) is 5.92 Å². The van der Waals surface area contributed by atoms with Gasteiger partial charge in [-0.2, -0.15) is 0 Å². The van der Waals surface area contributed by atoms with Crippen molar-refractivity contribution in [3.63, 3.8) is 0 Å². The maximum Gasteiger partial charge on any atom is 0.202 e. The van der Waals surface area contributed by atoms with Crippen molar-refractivity contribution in [3.05, 3.63) is 0 Å². The summed E-state index contributed by atoms with van der Waals surface area (Å²) in [6.07, 6.45) is 6.40. The maximum atomic E-state index is 12.0. The van der Waals surface area contributed by atoms with Crippen molar-refractivity contribution >= 4 is 29.0 Å². The fourth-order valence-electron chi connectivity index (χ4n) is 2.47. The fourth-order valence-corrected chi connectivity index (χ4v) is 3.14. The normalized spacial score (nSPS) is 26.3. The molecule has 1 rings (SSSR count). The smallest absolute Gasteiger partial charge is 0.202 e. The average molecular weight is 309 g/mol. The van der Waals surface area contributed by atoms with Crippen LogP contribution in [0.4, 0.5) is 0 Å². The fraction of sp³-hybridized carbons (Fsp3) is 0.933. The molecule has 2 nitrogen and oxygen atoms in total. The van der Waals surface area contributed by atoms with Crippen molar-refractivity contribution < 1.29 is 9.53 Å². The molecule has 0 unspecified atom stereocenters. The molecule has 4 heteroatoms. The van der Waals surface area contributed by atoms with Gasteiger partial charge in [-0.25, -0.2) is 0 Å². The Kier molecular flexibility index (Phi) is 6.16. The Morgan fingerprint density at radius 2 is 1.74 bits per heavy atom. The number of hydrogen-bond donors (Lipinski definition) is 0. The SMILES string of the molecule is CCCCCCC[C@H]1C(=O)C(Cl)(Cl)[C@H]1OC(C)(C)C. The van der Waals surface area contributed by atoms with Crippen LogP contribution in [0.15, 0.2) is 0 Å². The van der Waals surface area contributed by atoms with Crippen LogP contribution in [0.25, 0.3) is 0 Å². The van der Waals surface area contributed by atoms with Gasteiger partial charge in [0, 0.05) is 0 Å². The second-order valence-electron chi connectivity index (χ2n) is 6.45. The molecule has 0 saturated heterocycles. The van der Waals surface area contributed by atoms with Crippen LogP contribution < -0.4 is 0 Å². The number of ether oxygens (including phenoxy) is 1. The number of halogens is 2. The third-order valence-electron chi connectivity index (χ3n) is 3.49. The maximum absolute atomic E-state index is 12.0. The van der Waals surface area contributed by atoms with Gasteiger partial charge in [0.15, 0.2) is 5.78 Å². The van der Waals surface area contributed by atoms with Crippen LogP contribution in [0.1, 0.15) is 66.2 Å². The molecule has 19 heavy (non-hydrogen) atoms. The zero-order chi connectivity index (χ0) is 14.7. The summed E-state index contributed by atoms with van der Waals surface area (Å²) in [5.74, 6) is -0.198. The van der Waals surface area contributed by atoms with E-state index in [1.807, 2.05) is 20.8 Å². The van der Waals surface area contributed by atoms with Gasteiger partial charge in [-0.3, -0.25) is 4.79 Å². The number of hydrogen-bond acceptors (Lipinski definition) is 2. The van der Waals surface area contributed by atoms with E-state index in [9.17, 15) is 4.79 Å². The van der Waals surface area contributed by atoms with Gasteiger partial charge in [0.25, 0.3) is 0 Å². The number of rotatable bonds is 7.